The van der Waals surface area contributed by atoms with E-state index in [1.165, 1.54) is 4.88 Å². The zero-order chi connectivity index (χ0) is 14.4. The summed E-state index contributed by atoms with van der Waals surface area (Å²) in [5.74, 6) is 0.0738. The minimum absolute atomic E-state index is 0.0909. The summed E-state index contributed by atoms with van der Waals surface area (Å²) in [7, 11) is 1.66. The number of carbonyl (C=O) groups excluding carboxylic acids is 1. The molecule has 108 valence electrons. The zero-order valence-corrected chi connectivity index (χ0v) is 13.4. The second kappa shape index (κ2) is 7.57. The van der Waals surface area contributed by atoms with Crippen LogP contribution in [0.2, 0.25) is 0 Å². The van der Waals surface area contributed by atoms with Gasteiger partial charge < -0.3 is 9.64 Å². The first-order valence-corrected chi connectivity index (χ1v) is 8.32. The van der Waals surface area contributed by atoms with Crippen molar-refractivity contribution in [1.29, 1.82) is 0 Å². The van der Waals surface area contributed by atoms with E-state index in [4.69, 9.17) is 4.74 Å². The maximum absolute atomic E-state index is 12.7. The van der Waals surface area contributed by atoms with E-state index >= 15 is 0 Å². The molecule has 3 nitrogen and oxygen atoms in total. The Labute approximate surface area is 127 Å². The molecule has 0 saturated carbocycles. The second-order valence-electron chi connectivity index (χ2n) is 4.57. The number of amides is 1. The molecule has 2 aromatic rings. The Bertz CT molecular complexity index is 508. The molecule has 0 N–H and O–H groups in total. The first kappa shape index (κ1) is 15.2. The summed E-state index contributed by atoms with van der Waals surface area (Å²) in [6, 6.07) is 8.09. The van der Waals surface area contributed by atoms with Gasteiger partial charge in [-0.15, -0.1) is 22.7 Å². The van der Waals surface area contributed by atoms with Crippen LogP contribution in [0.15, 0.2) is 35.0 Å². The molecule has 0 aliphatic carbocycles. The third kappa shape index (κ3) is 3.91. The number of ether oxygens (including phenoxy) is 1. The molecule has 2 aromatic heterocycles. The lowest BCUT2D eigenvalue weighted by Crippen LogP contribution is -2.35. The normalized spacial score (nSPS) is 12.3. The summed E-state index contributed by atoms with van der Waals surface area (Å²) in [4.78, 5) is 16.9. The van der Waals surface area contributed by atoms with E-state index in [9.17, 15) is 4.79 Å². The Hall–Kier alpha value is -1.17. The summed E-state index contributed by atoms with van der Waals surface area (Å²) in [5.41, 5.74) is 0. The van der Waals surface area contributed by atoms with Gasteiger partial charge in [-0.3, -0.25) is 4.79 Å². The van der Waals surface area contributed by atoms with Gasteiger partial charge in [-0.05, 0) is 29.8 Å². The van der Waals surface area contributed by atoms with Gasteiger partial charge in [-0.1, -0.05) is 12.1 Å². The standard InChI is InChI=1S/C15H19NO2S2/c1-12(14-6-4-10-20-14)15(17)16(7-8-18-2)11-13-5-3-9-19-13/h3-6,9-10,12H,7-8,11H2,1-2H3/t12-/m0/s1. The molecular formula is C15H19NO2S2. The first-order chi connectivity index (χ1) is 9.72. The van der Waals surface area contributed by atoms with E-state index in [1.807, 2.05) is 40.8 Å². The first-order valence-electron chi connectivity index (χ1n) is 6.56. The highest BCUT2D eigenvalue weighted by atomic mass is 32.1. The Morgan fingerprint density at radius 2 is 2.05 bits per heavy atom. The van der Waals surface area contributed by atoms with E-state index in [-0.39, 0.29) is 11.8 Å². The number of hydrogen-bond donors (Lipinski definition) is 0. The summed E-state index contributed by atoms with van der Waals surface area (Å²) >= 11 is 3.31. The predicted molar refractivity (Wildman–Crippen MR) is 84.3 cm³/mol. The van der Waals surface area contributed by atoms with Crippen LogP contribution < -0.4 is 0 Å². The second-order valence-corrected chi connectivity index (χ2v) is 6.58. The maximum Gasteiger partial charge on any atom is 0.231 e. The van der Waals surface area contributed by atoms with Gasteiger partial charge in [0, 0.05) is 23.4 Å². The quantitative estimate of drug-likeness (QED) is 0.782. The van der Waals surface area contributed by atoms with Crippen molar-refractivity contribution < 1.29 is 9.53 Å². The van der Waals surface area contributed by atoms with Crippen LogP contribution in [0.25, 0.3) is 0 Å². The van der Waals surface area contributed by atoms with Crippen molar-refractivity contribution in [3.05, 3.63) is 44.8 Å². The molecule has 0 aliphatic heterocycles. The van der Waals surface area contributed by atoms with Gasteiger partial charge in [0.25, 0.3) is 0 Å². The number of hydrogen-bond acceptors (Lipinski definition) is 4. The lowest BCUT2D eigenvalue weighted by Gasteiger charge is -2.24. The van der Waals surface area contributed by atoms with Crippen molar-refractivity contribution in [2.45, 2.75) is 19.4 Å². The molecule has 0 aromatic carbocycles. The number of rotatable bonds is 7. The highest BCUT2D eigenvalue weighted by Gasteiger charge is 2.22. The topological polar surface area (TPSA) is 29.5 Å². The van der Waals surface area contributed by atoms with Crippen LogP contribution in [0.1, 0.15) is 22.6 Å². The van der Waals surface area contributed by atoms with Crippen molar-refractivity contribution in [1.82, 2.24) is 4.90 Å². The SMILES string of the molecule is COCCN(Cc1cccs1)C(=O)[C@@H](C)c1cccs1. The summed E-state index contributed by atoms with van der Waals surface area (Å²) in [6.45, 7) is 3.83. The third-order valence-corrected chi connectivity index (χ3v) is 5.06. The van der Waals surface area contributed by atoms with Crippen molar-refractivity contribution >= 4 is 28.6 Å². The summed E-state index contributed by atoms with van der Waals surface area (Å²) in [5, 5.41) is 4.05. The zero-order valence-electron chi connectivity index (χ0n) is 11.7. The van der Waals surface area contributed by atoms with Gasteiger partial charge in [0.2, 0.25) is 5.91 Å². The molecule has 1 amide bonds. The van der Waals surface area contributed by atoms with Crippen molar-refractivity contribution in [3.63, 3.8) is 0 Å². The Balaban J connectivity index is 2.06. The summed E-state index contributed by atoms with van der Waals surface area (Å²) < 4.78 is 5.12. The maximum atomic E-state index is 12.7. The van der Waals surface area contributed by atoms with E-state index in [0.717, 1.165) is 4.88 Å². The predicted octanol–water partition coefficient (Wildman–Crippen LogP) is 3.59. The van der Waals surface area contributed by atoms with Crippen LogP contribution in [0.4, 0.5) is 0 Å². The molecule has 0 spiro atoms. The van der Waals surface area contributed by atoms with Crippen LogP contribution in [0.5, 0.6) is 0 Å². The van der Waals surface area contributed by atoms with Gasteiger partial charge in [0.1, 0.15) is 0 Å². The molecule has 0 fully saturated rings. The molecule has 5 heteroatoms. The van der Waals surface area contributed by atoms with Gasteiger partial charge >= 0.3 is 0 Å². The van der Waals surface area contributed by atoms with E-state index in [0.29, 0.717) is 19.7 Å². The molecule has 1 atom stereocenters. The van der Waals surface area contributed by atoms with Gasteiger partial charge in [-0.25, -0.2) is 0 Å². The number of methoxy groups -OCH3 is 1. The van der Waals surface area contributed by atoms with Gasteiger partial charge in [0.15, 0.2) is 0 Å². The fourth-order valence-electron chi connectivity index (χ4n) is 1.99. The molecule has 2 heterocycles. The van der Waals surface area contributed by atoms with Crippen LogP contribution in [-0.4, -0.2) is 31.1 Å². The molecule has 0 unspecified atom stereocenters. The van der Waals surface area contributed by atoms with E-state index < -0.39 is 0 Å². The minimum atomic E-state index is -0.0909. The lowest BCUT2D eigenvalue weighted by atomic mass is 10.1. The molecule has 0 radical (unpaired) electrons. The minimum Gasteiger partial charge on any atom is -0.383 e. The molecule has 20 heavy (non-hydrogen) atoms. The average molecular weight is 309 g/mol. The average Bonchev–Trinajstić information content (AvgIpc) is 3.14. The Morgan fingerprint density at radius 1 is 1.30 bits per heavy atom. The monoisotopic (exact) mass is 309 g/mol. The van der Waals surface area contributed by atoms with Crippen molar-refractivity contribution in [2.24, 2.45) is 0 Å². The Kier molecular flexibility index (Phi) is 5.76. The van der Waals surface area contributed by atoms with Crippen molar-refractivity contribution in [2.75, 3.05) is 20.3 Å². The van der Waals surface area contributed by atoms with Crippen LogP contribution >= 0.6 is 22.7 Å². The van der Waals surface area contributed by atoms with E-state index in [2.05, 4.69) is 6.07 Å². The molecule has 0 aliphatic rings. The summed E-state index contributed by atoms with van der Waals surface area (Å²) in [6.07, 6.45) is 0. The number of carbonyl (C=O) groups is 1. The van der Waals surface area contributed by atoms with Crippen LogP contribution in [-0.2, 0) is 16.1 Å². The van der Waals surface area contributed by atoms with Gasteiger partial charge in [0.05, 0.1) is 19.1 Å². The van der Waals surface area contributed by atoms with E-state index in [1.54, 1.807) is 29.8 Å². The fourth-order valence-corrected chi connectivity index (χ4v) is 3.49. The smallest absolute Gasteiger partial charge is 0.231 e. The largest absolute Gasteiger partial charge is 0.383 e. The molecule has 0 bridgehead atoms. The van der Waals surface area contributed by atoms with Crippen molar-refractivity contribution in [3.8, 4) is 0 Å². The van der Waals surface area contributed by atoms with Crippen LogP contribution in [0.3, 0.4) is 0 Å². The lowest BCUT2D eigenvalue weighted by molar-refractivity contribution is -0.133. The Morgan fingerprint density at radius 3 is 2.65 bits per heavy atom. The molecule has 0 saturated heterocycles. The molecule has 2 rings (SSSR count). The third-order valence-electron chi connectivity index (χ3n) is 3.14. The van der Waals surface area contributed by atoms with Crippen LogP contribution in [0, 0.1) is 0 Å². The fraction of sp³-hybridized carbons (Fsp3) is 0.400. The highest BCUT2D eigenvalue weighted by molar-refractivity contribution is 7.10. The highest BCUT2D eigenvalue weighted by Crippen LogP contribution is 2.24. The number of thiophene rings is 2. The van der Waals surface area contributed by atoms with Gasteiger partial charge in [-0.2, -0.15) is 0 Å². The molecular weight excluding hydrogens is 290 g/mol. The number of nitrogens with zero attached hydrogens (tertiary/aromatic N) is 1.